The van der Waals surface area contributed by atoms with Gasteiger partial charge in [0.25, 0.3) is 0 Å². The normalized spacial score (nSPS) is 11.6. The first-order valence-corrected chi connectivity index (χ1v) is 7.58. The third-order valence-corrected chi connectivity index (χ3v) is 4.80. The number of sulfonamides is 1. The van der Waals surface area contributed by atoms with Gasteiger partial charge in [0.2, 0.25) is 10.0 Å². The molecule has 3 nitrogen and oxygen atoms in total. The van der Waals surface area contributed by atoms with Gasteiger partial charge in [-0.3, -0.25) is 0 Å². The molecule has 90 valence electrons. The maximum atomic E-state index is 11.9. The monoisotopic (exact) mass is 267 g/mol. The summed E-state index contributed by atoms with van der Waals surface area (Å²) in [6.07, 6.45) is 0. The Kier molecular flexibility index (Phi) is 3.61. The summed E-state index contributed by atoms with van der Waals surface area (Å²) >= 11 is 1.58. The van der Waals surface area contributed by atoms with E-state index < -0.39 is 10.0 Å². The van der Waals surface area contributed by atoms with E-state index in [1.807, 2.05) is 17.7 Å². The van der Waals surface area contributed by atoms with Gasteiger partial charge in [-0.2, -0.15) is 11.3 Å². The molecule has 0 saturated carbocycles. The maximum absolute atomic E-state index is 11.9. The first-order chi connectivity index (χ1) is 8.09. The molecule has 0 aliphatic rings. The number of aryl methyl sites for hydroxylation is 1. The number of nitrogens with one attached hydrogen (secondary N) is 1. The Morgan fingerprint density at radius 1 is 1.18 bits per heavy atom. The summed E-state index contributed by atoms with van der Waals surface area (Å²) in [7, 11) is -3.40. The highest BCUT2D eigenvalue weighted by molar-refractivity contribution is 7.89. The predicted octanol–water partition coefficient (Wildman–Crippen LogP) is 2.54. The van der Waals surface area contributed by atoms with Crippen molar-refractivity contribution in [2.24, 2.45) is 0 Å². The number of hydrogen-bond donors (Lipinski definition) is 1. The van der Waals surface area contributed by atoms with Crippen LogP contribution in [0.4, 0.5) is 0 Å². The van der Waals surface area contributed by atoms with E-state index in [-0.39, 0.29) is 0 Å². The molecule has 1 N–H and O–H groups in total. The number of rotatable bonds is 4. The summed E-state index contributed by atoms with van der Waals surface area (Å²) in [6, 6.07) is 8.39. The second kappa shape index (κ2) is 5.00. The van der Waals surface area contributed by atoms with Gasteiger partial charge in [0.1, 0.15) is 0 Å². The van der Waals surface area contributed by atoms with Gasteiger partial charge >= 0.3 is 0 Å². The molecule has 0 aliphatic heterocycles. The third-order valence-electron chi connectivity index (χ3n) is 2.47. The van der Waals surface area contributed by atoms with Crippen molar-refractivity contribution < 1.29 is 8.42 Å². The van der Waals surface area contributed by atoms with E-state index in [9.17, 15) is 8.42 Å². The minimum absolute atomic E-state index is 0.299. The Balaban J connectivity index is 2.12. The van der Waals surface area contributed by atoms with Crippen LogP contribution in [0.1, 0.15) is 11.1 Å². The van der Waals surface area contributed by atoms with Crippen molar-refractivity contribution in [3.8, 4) is 0 Å². The van der Waals surface area contributed by atoms with Crippen LogP contribution in [0.15, 0.2) is 46.0 Å². The van der Waals surface area contributed by atoms with E-state index in [1.54, 1.807) is 41.7 Å². The van der Waals surface area contributed by atoms with E-state index in [0.29, 0.717) is 11.4 Å². The Hall–Kier alpha value is -1.17. The Morgan fingerprint density at radius 3 is 2.47 bits per heavy atom. The third kappa shape index (κ3) is 2.94. The van der Waals surface area contributed by atoms with E-state index in [4.69, 9.17) is 0 Å². The molecule has 1 aromatic heterocycles. The molecule has 0 aliphatic carbocycles. The van der Waals surface area contributed by atoms with Crippen molar-refractivity contribution in [2.45, 2.75) is 18.4 Å². The quantitative estimate of drug-likeness (QED) is 0.925. The van der Waals surface area contributed by atoms with Crippen LogP contribution < -0.4 is 4.72 Å². The smallest absolute Gasteiger partial charge is 0.207 e. The molecule has 2 rings (SSSR count). The summed E-state index contributed by atoms with van der Waals surface area (Å²) in [6.45, 7) is 2.31. The van der Waals surface area contributed by atoms with Crippen molar-refractivity contribution in [3.05, 3.63) is 52.2 Å². The molecule has 1 aromatic carbocycles. The minimum atomic E-state index is -3.40. The molecule has 0 spiro atoms. The molecule has 0 unspecified atom stereocenters. The molecule has 0 atom stereocenters. The van der Waals surface area contributed by atoms with E-state index >= 15 is 0 Å². The lowest BCUT2D eigenvalue weighted by Crippen LogP contribution is -2.23. The van der Waals surface area contributed by atoms with Crippen molar-refractivity contribution in [1.82, 2.24) is 4.72 Å². The maximum Gasteiger partial charge on any atom is 0.240 e. The van der Waals surface area contributed by atoms with Crippen molar-refractivity contribution in [2.75, 3.05) is 0 Å². The van der Waals surface area contributed by atoms with E-state index in [1.165, 1.54) is 0 Å². The zero-order valence-corrected chi connectivity index (χ0v) is 11.0. The molecule has 0 saturated heterocycles. The Bertz CT molecular complexity index is 588. The molecule has 0 fully saturated rings. The highest BCUT2D eigenvalue weighted by atomic mass is 32.2. The van der Waals surface area contributed by atoms with Crippen molar-refractivity contribution in [1.29, 1.82) is 0 Å². The molecule has 0 bridgehead atoms. The zero-order chi connectivity index (χ0) is 12.3. The molecular formula is C12H13NO2S2. The van der Waals surface area contributed by atoms with Crippen LogP contribution in [0.3, 0.4) is 0 Å². The van der Waals surface area contributed by atoms with Gasteiger partial charge in [-0.15, -0.1) is 0 Å². The van der Waals surface area contributed by atoms with Gasteiger partial charge in [-0.1, -0.05) is 18.2 Å². The minimum Gasteiger partial charge on any atom is -0.207 e. The average Bonchev–Trinajstić information content (AvgIpc) is 2.74. The van der Waals surface area contributed by atoms with Crippen LogP contribution in [-0.2, 0) is 16.6 Å². The molecule has 5 heteroatoms. The van der Waals surface area contributed by atoms with Gasteiger partial charge in [0.15, 0.2) is 0 Å². The lowest BCUT2D eigenvalue weighted by Gasteiger charge is -2.06. The highest BCUT2D eigenvalue weighted by Crippen LogP contribution is 2.14. The number of thiophene rings is 1. The lowest BCUT2D eigenvalue weighted by molar-refractivity contribution is 0.581. The SMILES string of the molecule is Cc1cscc1CNS(=O)(=O)c1ccccc1. The lowest BCUT2D eigenvalue weighted by atomic mass is 10.2. The first kappa shape index (κ1) is 12.3. The second-order valence-electron chi connectivity index (χ2n) is 3.72. The fourth-order valence-electron chi connectivity index (χ4n) is 1.42. The number of hydrogen-bond acceptors (Lipinski definition) is 3. The fourth-order valence-corrected chi connectivity index (χ4v) is 3.31. The molecule has 1 heterocycles. The first-order valence-electron chi connectivity index (χ1n) is 5.16. The van der Waals surface area contributed by atoms with Gasteiger partial charge in [-0.25, -0.2) is 13.1 Å². The Labute approximate surface area is 105 Å². The summed E-state index contributed by atoms with van der Waals surface area (Å²) in [4.78, 5) is 0.299. The van der Waals surface area contributed by atoms with Crippen LogP contribution in [0.5, 0.6) is 0 Å². The fraction of sp³-hybridized carbons (Fsp3) is 0.167. The van der Waals surface area contributed by atoms with Crippen molar-refractivity contribution in [3.63, 3.8) is 0 Å². The molecule has 0 radical (unpaired) electrons. The van der Waals surface area contributed by atoms with Gasteiger partial charge in [0, 0.05) is 6.54 Å². The predicted molar refractivity (Wildman–Crippen MR) is 69.5 cm³/mol. The topological polar surface area (TPSA) is 46.2 Å². The average molecular weight is 267 g/mol. The summed E-state index contributed by atoms with van der Waals surface area (Å²) in [5, 5.41) is 3.97. The van der Waals surface area contributed by atoms with Gasteiger partial charge in [-0.05, 0) is 40.9 Å². The summed E-state index contributed by atoms with van der Waals surface area (Å²) in [5.74, 6) is 0. The van der Waals surface area contributed by atoms with Crippen LogP contribution in [0, 0.1) is 6.92 Å². The largest absolute Gasteiger partial charge is 0.240 e. The van der Waals surface area contributed by atoms with Crippen LogP contribution in [0.25, 0.3) is 0 Å². The molecular weight excluding hydrogens is 254 g/mol. The second-order valence-corrected chi connectivity index (χ2v) is 6.23. The zero-order valence-electron chi connectivity index (χ0n) is 9.38. The van der Waals surface area contributed by atoms with Gasteiger partial charge < -0.3 is 0 Å². The molecule has 2 aromatic rings. The summed E-state index contributed by atoms with van der Waals surface area (Å²) < 4.78 is 26.5. The van der Waals surface area contributed by atoms with Gasteiger partial charge in [0.05, 0.1) is 4.90 Å². The molecule has 17 heavy (non-hydrogen) atoms. The standard InChI is InChI=1S/C12H13NO2S2/c1-10-8-16-9-11(10)7-13-17(14,15)12-5-3-2-4-6-12/h2-6,8-9,13H,7H2,1H3. The van der Waals surface area contributed by atoms with Crippen LogP contribution in [-0.4, -0.2) is 8.42 Å². The van der Waals surface area contributed by atoms with Crippen LogP contribution >= 0.6 is 11.3 Å². The van der Waals surface area contributed by atoms with Crippen molar-refractivity contribution >= 4 is 21.4 Å². The van der Waals surface area contributed by atoms with E-state index in [0.717, 1.165) is 11.1 Å². The Morgan fingerprint density at radius 2 is 1.88 bits per heavy atom. The number of benzene rings is 1. The highest BCUT2D eigenvalue weighted by Gasteiger charge is 2.13. The molecule has 0 amide bonds. The summed E-state index contributed by atoms with van der Waals surface area (Å²) in [5.41, 5.74) is 2.14. The van der Waals surface area contributed by atoms with E-state index in [2.05, 4.69) is 4.72 Å². The van der Waals surface area contributed by atoms with Crippen LogP contribution in [0.2, 0.25) is 0 Å².